The van der Waals surface area contributed by atoms with Crippen molar-refractivity contribution in [2.75, 3.05) is 12.3 Å². The van der Waals surface area contributed by atoms with Crippen molar-refractivity contribution < 1.29 is 8.42 Å². The molecule has 0 aromatic rings. The molecule has 0 radical (unpaired) electrons. The summed E-state index contributed by atoms with van der Waals surface area (Å²) in [4.78, 5) is 0. The Morgan fingerprint density at radius 2 is 2.00 bits per heavy atom. The fourth-order valence-corrected chi connectivity index (χ4v) is 3.05. The molecule has 5 heteroatoms. The highest BCUT2D eigenvalue weighted by molar-refractivity contribution is 7.89. The van der Waals surface area contributed by atoms with Crippen molar-refractivity contribution in [3.8, 4) is 0 Å². The average Bonchev–Trinajstić information content (AvgIpc) is 3.01. The molecule has 0 spiro atoms. The van der Waals surface area contributed by atoms with Gasteiger partial charge in [-0.05, 0) is 26.2 Å². The summed E-state index contributed by atoms with van der Waals surface area (Å²) in [6.07, 6.45) is 6.77. The molecule has 1 aliphatic rings. The van der Waals surface area contributed by atoms with Crippen LogP contribution in [0.3, 0.4) is 0 Å². The van der Waals surface area contributed by atoms with Crippen molar-refractivity contribution in [1.29, 1.82) is 0 Å². The zero-order valence-corrected chi connectivity index (χ0v) is 11.9. The normalized spacial score (nSPS) is 18.2. The Hall–Kier alpha value is -0.130. The Morgan fingerprint density at radius 3 is 2.59 bits per heavy atom. The van der Waals surface area contributed by atoms with Crippen LogP contribution in [-0.4, -0.2) is 32.8 Å². The van der Waals surface area contributed by atoms with Gasteiger partial charge in [0.25, 0.3) is 0 Å². The second-order valence-electron chi connectivity index (χ2n) is 5.06. The summed E-state index contributed by atoms with van der Waals surface area (Å²) in [7, 11) is -3.10. The van der Waals surface area contributed by atoms with E-state index in [0.717, 1.165) is 12.8 Å². The Bertz CT molecular complexity index is 300. The number of rotatable bonds is 10. The zero-order valence-electron chi connectivity index (χ0n) is 11.0. The molecule has 1 atom stereocenters. The lowest BCUT2D eigenvalue weighted by Gasteiger charge is -2.14. The van der Waals surface area contributed by atoms with Crippen LogP contribution < -0.4 is 10.0 Å². The van der Waals surface area contributed by atoms with Gasteiger partial charge in [0, 0.05) is 18.6 Å². The Morgan fingerprint density at radius 1 is 1.29 bits per heavy atom. The van der Waals surface area contributed by atoms with Gasteiger partial charge in [-0.15, -0.1) is 0 Å². The minimum atomic E-state index is -3.10. The molecule has 1 aliphatic carbocycles. The number of nitrogens with one attached hydrogen (secondary N) is 2. The van der Waals surface area contributed by atoms with Gasteiger partial charge in [-0.2, -0.15) is 0 Å². The fourth-order valence-electron chi connectivity index (χ4n) is 1.81. The lowest BCUT2D eigenvalue weighted by molar-refractivity contribution is 0.525. The summed E-state index contributed by atoms with van der Waals surface area (Å²) in [5, 5.41) is 3.22. The third kappa shape index (κ3) is 7.73. The van der Waals surface area contributed by atoms with Crippen LogP contribution in [0.25, 0.3) is 0 Å². The quantitative estimate of drug-likeness (QED) is 0.588. The van der Waals surface area contributed by atoms with E-state index in [2.05, 4.69) is 17.0 Å². The van der Waals surface area contributed by atoms with Gasteiger partial charge in [-0.25, -0.2) is 13.1 Å². The first-order valence-electron chi connectivity index (χ1n) is 6.77. The van der Waals surface area contributed by atoms with Crippen molar-refractivity contribution in [1.82, 2.24) is 10.0 Å². The standard InChI is InChI=1S/C12H26N2O2S/c1-3-4-5-6-11(2)14-17(15,16)10-9-13-12-7-8-12/h11-14H,3-10H2,1-2H3. The van der Waals surface area contributed by atoms with E-state index in [1.165, 1.54) is 25.7 Å². The van der Waals surface area contributed by atoms with Gasteiger partial charge >= 0.3 is 0 Å². The van der Waals surface area contributed by atoms with Gasteiger partial charge in [-0.3, -0.25) is 0 Å². The molecule has 0 aromatic carbocycles. The summed E-state index contributed by atoms with van der Waals surface area (Å²) in [5.41, 5.74) is 0. The molecule has 0 aliphatic heterocycles. The maximum atomic E-state index is 11.7. The summed E-state index contributed by atoms with van der Waals surface area (Å²) < 4.78 is 26.2. The minimum Gasteiger partial charge on any atom is -0.313 e. The SMILES string of the molecule is CCCCCC(C)NS(=O)(=O)CCNC1CC1. The van der Waals surface area contributed by atoms with E-state index in [1.807, 2.05) is 6.92 Å². The van der Waals surface area contributed by atoms with Crippen LogP contribution in [0.1, 0.15) is 52.4 Å². The number of sulfonamides is 1. The van der Waals surface area contributed by atoms with E-state index in [-0.39, 0.29) is 11.8 Å². The minimum absolute atomic E-state index is 0.0625. The predicted molar refractivity (Wildman–Crippen MR) is 71.6 cm³/mol. The predicted octanol–water partition coefficient (Wildman–Crippen LogP) is 1.63. The van der Waals surface area contributed by atoms with Gasteiger partial charge < -0.3 is 5.32 Å². The van der Waals surface area contributed by atoms with Crippen LogP contribution in [0.2, 0.25) is 0 Å². The molecule has 0 aromatic heterocycles. The van der Waals surface area contributed by atoms with Crippen molar-refractivity contribution in [2.24, 2.45) is 0 Å². The second kappa shape index (κ2) is 7.34. The van der Waals surface area contributed by atoms with Crippen molar-refractivity contribution >= 4 is 10.0 Å². The van der Waals surface area contributed by atoms with E-state index < -0.39 is 10.0 Å². The van der Waals surface area contributed by atoms with Crippen LogP contribution in [0.15, 0.2) is 0 Å². The second-order valence-corrected chi connectivity index (χ2v) is 6.94. The fraction of sp³-hybridized carbons (Fsp3) is 1.00. The zero-order chi connectivity index (χ0) is 12.7. The highest BCUT2D eigenvalue weighted by Crippen LogP contribution is 2.18. The summed E-state index contributed by atoms with van der Waals surface area (Å²) >= 11 is 0. The van der Waals surface area contributed by atoms with Gasteiger partial charge in [0.2, 0.25) is 10.0 Å². The molecule has 1 rings (SSSR count). The molecule has 17 heavy (non-hydrogen) atoms. The van der Waals surface area contributed by atoms with E-state index in [1.54, 1.807) is 0 Å². The van der Waals surface area contributed by atoms with E-state index >= 15 is 0 Å². The van der Waals surface area contributed by atoms with E-state index in [0.29, 0.717) is 12.6 Å². The number of hydrogen-bond acceptors (Lipinski definition) is 3. The molecule has 102 valence electrons. The largest absolute Gasteiger partial charge is 0.313 e. The maximum Gasteiger partial charge on any atom is 0.213 e. The number of hydrogen-bond donors (Lipinski definition) is 2. The molecule has 0 heterocycles. The smallest absolute Gasteiger partial charge is 0.213 e. The summed E-state index contributed by atoms with van der Waals surface area (Å²) in [5.74, 6) is 0.196. The molecule has 0 amide bonds. The topological polar surface area (TPSA) is 58.2 Å². The average molecular weight is 262 g/mol. The third-order valence-electron chi connectivity index (χ3n) is 3.00. The van der Waals surface area contributed by atoms with Crippen molar-refractivity contribution in [2.45, 2.75) is 64.5 Å². The van der Waals surface area contributed by atoms with Gasteiger partial charge in [0.15, 0.2) is 0 Å². The highest BCUT2D eigenvalue weighted by atomic mass is 32.2. The molecule has 4 nitrogen and oxygen atoms in total. The lowest BCUT2D eigenvalue weighted by Crippen LogP contribution is -2.37. The van der Waals surface area contributed by atoms with Gasteiger partial charge in [-0.1, -0.05) is 26.2 Å². The molecule has 1 saturated carbocycles. The molecule has 0 bridgehead atoms. The van der Waals surface area contributed by atoms with E-state index in [9.17, 15) is 8.42 Å². The first kappa shape index (κ1) is 14.9. The lowest BCUT2D eigenvalue weighted by atomic mass is 10.1. The maximum absolute atomic E-state index is 11.7. The van der Waals surface area contributed by atoms with Crippen LogP contribution in [0.4, 0.5) is 0 Å². The van der Waals surface area contributed by atoms with Gasteiger partial charge in [0.1, 0.15) is 0 Å². The monoisotopic (exact) mass is 262 g/mol. The molecular weight excluding hydrogens is 236 g/mol. The highest BCUT2D eigenvalue weighted by Gasteiger charge is 2.21. The molecule has 0 saturated heterocycles. The van der Waals surface area contributed by atoms with Crippen LogP contribution in [0.5, 0.6) is 0 Å². The first-order valence-corrected chi connectivity index (χ1v) is 8.42. The van der Waals surface area contributed by atoms with Gasteiger partial charge in [0.05, 0.1) is 5.75 Å². The number of unbranched alkanes of at least 4 members (excludes halogenated alkanes) is 2. The Balaban J connectivity index is 2.12. The molecule has 1 fully saturated rings. The van der Waals surface area contributed by atoms with Crippen LogP contribution >= 0.6 is 0 Å². The Labute approximate surface area is 106 Å². The van der Waals surface area contributed by atoms with Crippen LogP contribution in [-0.2, 0) is 10.0 Å². The summed E-state index contributed by atoms with van der Waals surface area (Å²) in [6.45, 7) is 4.67. The molecule has 1 unspecified atom stereocenters. The third-order valence-corrected chi connectivity index (χ3v) is 4.51. The van der Waals surface area contributed by atoms with Crippen molar-refractivity contribution in [3.05, 3.63) is 0 Å². The van der Waals surface area contributed by atoms with E-state index in [4.69, 9.17) is 0 Å². The molecular formula is C12H26N2O2S. The molecule has 2 N–H and O–H groups in total. The first-order chi connectivity index (χ1) is 8.03. The summed E-state index contributed by atoms with van der Waals surface area (Å²) in [6, 6.07) is 0.639. The van der Waals surface area contributed by atoms with Crippen LogP contribution in [0, 0.1) is 0 Å². The Kier molecular flexibility index (Phi) is 6.44. The van der Waals surface area contributed by atoms with Crippen molar-refractivity contribution in [3.63, 3.8) is 0 Å².